The number of aromatic nitrogens is 4. The lowest BCUT2D eigenvalue weighted by molar-refractivity contribution is -0.138. The second-order valence-electron chi connectivity index (χ2n) is 8.49. The maximum Gasteiger partial charge on any atom is 0.421 e. The average molecular weight is 547 g/mol. The Balaban J connectivity index is 0.000000212. The minimum Gasteiger partial charge on any atom is -0.388 e. The van der Waals surface area contributed by atoms with Crippen LogP contribution in [-0.2, 0) is 15.7 Å². The number of hydrogen-bond acceptors (Lipinski definition) is 13. The molecule has 38 heavy (non-hydrogen) atoms. The number of rotatable bonds is 2. The van der Waals surface area contributed by atoms with Crippen LogP contribution in [0.2, 0.25) is 0 Å². The van der Waals surface area contributed by atoms with Crippen molar-refractivity contribution in [3.63, 3.8) is 0 Å². The predicted molar refractivity (Wildman–Crippen MR) is 119 cm³/mol. The van der Waals surface area contributed by atoms with Crippen molar-refractivity contribution in [2.24, 2.45) is 0 Å². The molecule has 8 atom stereocenters. The highest BCUT2D eigenvalue weighted by Gasteiger charge is 2.44. The van der Waals surface area contributed by atoms with Crippen molar-refractivity contribution in [2.45, 2.75) is 69.1 Å². The Bertz CT molecular complexity index is 1340. The van der Waals surface area contributed by atoms with Crippen LogP contribution in [0.15, 0.2) is 22.0 Å². The molecule has 0 aliphatic carbocycles. The molecule has 4 rings (SSSR count). The number of ether oxygens (including phenoxy) is 2. The Morgan fingerprint density at radius 2 is 1.29 bits per heavy atom. The van der Waals surface area contributed by atoms with E-state index in [1.165, 1.54) is 6.92 Å². The molecule has 2 aliphatic heterocycles. The van der Waals surface area contributed by atoms with Crippen molar-refractivity contribution in [3.8, 4) is 6.07 Å². The van der Waals surface area contributed by atoms with E-state index in [0.29, 0.717) is 10.8 Å². The molecule has 2 aromatic rings. The molecular formula is C20H24F3N7O8. The lowest BCUT2D eigenvalue weighted by Gasteiger charge is -2.19. The highest BCUT2D eigenvalue weighted by molar-refractivity contribution is 5.45. The van der Waals surface area contributed by atoms with Crippen molar-refractivity contribution >= 4 is 11.6 Å². The van der Waals surface area contributed by atoms with Gasteiger partial charge in [-0.05, 0) is 13.8 Å². The fourth-order valence-electron chi connectivity index (χ4n) is 3.75. The van der Waals surface area contributed by atoms with Gasteiger partial charge in [-0.15, -0.1) is 0 Å². The molecule has 2 aromatic heterocycles. The van der Waals surface area contributed by atoms with Crippen molar-refractivity contribution in [2.75, 3.05) is 11.5 Å². The monoisotopic (exact) mass is 547 g/mol. The first kappa shape index (κ1) is 29.0. The molecule has 0 unspecified atom stereocenters. The fourth-order valence-corrected chi connectivity index (χ4v) is 3.75. The van der Waals surface area contributed by atoms with Gasteiger partial charge in [-0.1, -0.05) is 0 Å². The van der Waals surface area contributed by atoms with Gasteiger partial charge in [0, 0.05) is 12.4 Å². The van der Waals surface area contributed by atoms with E-state index in [1.54, 1.807) is 13.0 Å². The van der Waals surface area contributed by atoms with Gasteiger partial charge in [0.05, 0.1) is 12.2 Å². The Labute approximate surface area is 210 Å². The lowest BCUT2D eigenvalue weighted by Crippen LogP contribution is -2.36. The number of nitrogens with two attached hydrogens (primary N) is 2. The molecule has 4 heterocycles. The molecule has 0 aromatic carbocycles. The summed E-state index contributed by atoms with van der Waals surface area (Å²) in [6, 6.07) is 1.78. The molecule has 2 fully saturated rings. The Morgan fingerprint density at radius 3 is 1.66 bits per heavy atom. The summed E-state index contributed by atoms with van der Waals surface area (Å²) in [5.74, 6) is -1.14. The van der Waals surface area contributed by atoms with E-state index in [0.717, 1.165) is 10.8 Å². The molecule has 208 valence electrons. The standard InChI is InChI=1S/C10H12F3N3O4.C10H12N4O4/c1-3-5(17)6(18)8(20-3)16-2-4(10(11,12)13)7(14)15-9(16)19;1-4-6(15)7(16)9(18-4)14-3-5(2-11)8(12)13-10(14)17/h2-3,5-6,8,17-18H,1H3,(H2,14,15,19);3-4,6-7,9,15-16H,1H3,(H2,12,13,17)/t3-,5-,6-,8-;4-,6-,7-,9-/m11/s1. The van der Waals surface area contributed by atoms with Crippen LogP contribution in [-0.4, -0.2) is 76.2 Å². The summed E-state index contributed by atoms with van der Waals surface area (Å²) in [7, 11) is 0. The van der Waals surface area contributed by atoms with Gasteiger partial charge in [-0.3, -0.25) is 9.13 Å². The Morgan fingerprint density at radius 1 is 0.868 bits per heavy atom. The van der Waals surface area contributed by atoms with Gasteiger partial charge in [0.15, 0.2) is 12.5 Å². The average Bonchev–Trinajstić information content (AvgIpc) is 3.23. The first-order valence-corrected chi connectivity index (χ1v) is 10.9. The SMILES string of the molecule is C[C@H]1O[C@@H](n2cc(C#N)c(N)nc2=O)[C@H](O)[C@@H]1O.C[C@H]1O[C@@H](n2cc(C(F)(F)F)c(N)nc2=O)[C@H](O)[C@@H]1O. The van der Waals surface area contributed by atoms with Gasteiger partial charge in [0.25, 0.3) is 0 Å². The summed E-state index contributed by atoms with van der Waals surface area (Å²) < 4.78 is 49.9. The van der Waals surface area contributed by atoms with Crippen LogP contribution in [0.25, 0.3) is 0 Å². The Hall–Kier alpha value is -3.60. The van der Waals surface area contributed by atoms with E-state index < -0.39 is 78.0 Å². The maximum absolute atomic E-state index is 12.7. The highest BCUT2D eigenvalue weighted by Crippen LogP contribution is 2.34. The van der Waals surface area contributed by atoms with Crippen LogP contribution in [0.3, 0.4) is 0 Å². The van der Waals surface area contributed by atoms with E-state index in [2.05, 4.69) is 9.97 Å². The van der Waals surface area contributed by atoms with Crippen molar-refractivity contribution in [3.05, 3.63) is 44.5 Å². The highest BCUT2D eigenvalue weighted by atomic mass is 19.4. The van der Waals surface area contributed by atoms with Crippen molar-refractivity contribution in [1.29, 1.82) is 5.26 Å². The van der Waals surface area contributed by atoms with Crippen LogP contribution < -0.4 is 22.8 Å². The van der Waals surface area contributed by atoms with Crippen LogP contribution in [0.1, 0.15) is 37.4 Å². The molecule has 8 N–H and O–H groups in total. The van der Waals surface area contributed by atoms with E-state index >= 15 is 0 Å². The molecule has 0 radical (unpaired) electrons. The number of nitrogen functional groups attached to an aromatic ring is 2. The normalized spacial score (nSPS) is 30.9. The zero-order valence-corrected chi connectivity index (χ0v) is 19.7. The molecular weight excluding hydrogens is 523 g/mol. The molecule has 0 spiro atoms. The quantitative estimate of drug-likeness (QED) is 0.234. The molecule has 0 saturated carbocycles. The summed E-state index contributed by atoms with van der Waals surface area (Å²) in [6.45, 7) is 2.98. The molecule has 2 aliphatic rings. The Kier molecular flexibility index (Phi) is 8.11. The van der Waals surface area contributed by atoms with Crippen LogP contribution in [0, 0.1) is 11.3 Å². The summed E-state index contributed by atoms with van der Waals surface area (Å²) in [6.07, 6.45) is -12.5. The number of aliphatic hydroxyl groups excluding tert-OH is 4. The molecule has 15 nitrogen and oxygen atoms in total. The number of hydrogen-bond donors (Lipinski definition) is 6. The van der Waals surface area contributed by atoms with Crippen molar-refractivity contribution < 1.29 is 43.1 Å². The minimum atomic E-state index is -4.81. The number of nitriles is 1. The van der Waals surface area contributed by atoms with Gasteiger partial charge < -0.3 is 41.4 Å². The van der Waals surface area contributed by atoms with E-state index in [4.69, 9.17) is 26.2 Å². The van der Waals surface area contributed by atoms with Crippen LogP contribution in [0.4, 0.5) is 24.8 Å². The topological polar surface area (TPSA) is 245 Å². The zero-order valence-electron chi connectivity index (χ0n) is 19.7. The first-order chi connectivity index (χ1) is 17.6. The third-order valence-electron chi connectivity index (χ3n) is 5.89. The van der Waals surface area contributed by atoms with E-state index in [9.17, 15) is 43.2 Å². The zero-order chi connectivity index (χ0) is 28.7. The number of halogens is 3. The van der Waals surface area contributed by atoms with Crippen LogP contribution >= 0.6 is 0 Å². The summed E-state index contributed by atoms with van der Waals surface area (Å²) in [5, 5.41) is 47.3. The van der Waals surface area contributed by atoms with Gasteiger partial charge in [-0.2, -0.15) is 28.4 Å². The smallest absolute Gasteiger partial charge is 0.388 e. The first-order valence-electron chi connectivity index (χ1n) is 10.9. The van der Waals surface area contributed by atoms with Gasteiger partial charge in [0.1, 0.15) is 53.2 Å². The molecule has 0 bridgehead atoms. The number of alkyl halides is 3. The molecule has 2 saturated heterocycles. The predicted octanol–water partition coefficient (Wildman–Crippen LogP) is -2.18. The fraction of sp³-hybridized carbons (Fsp3) is 0.550. The minimum absolute atomic E-state index is 0.000516. The van der Waals surface area contributed by atoms with E-state index in [-0.39, 0.29) is 11.4 Å². The summed E-state index contributed by atoms with van der Waals surface area (Å²) in [5.41, 5.74) is 7.27. The molecule has 18 heteroatoms. The summed E-state index contributed by atoms with van der Waals surface area (Å²) >= 11 is 0. The number of anilines is 2. The largest absolute Gasteiger partial charge is 0.421 e. The molecule has 0 amide bonds. The third kappa shape index (κ3) is 5.47. The number of aliphatic hydroxyl groups is 4. The second-order valence-corrected chi connectivity index (χ2v) is 8.49. The van der Waals surface area contributed by atoms with Gasteiger partial charge in [0.2, 0.25) is 0 Å². The number of nitrogens with zero attached hydrogens (tertiary/aromatic N) is 5. The second kappa shape index (κ2) is 10.6. The van der Waals surface area contributed by atoms with Gasteiger partial charge in [-0.25, -0.2) is 9.59 Å². The van der Waals surface area contributed by atoms with E-state index in [1.807, 2.05) is 0 Å². The van der Waals surface area contributed by atoms with Crippen LogP contribution in [0.5, 0.6) is 0 Å². The lowest BCUT2D eigenvalue weighted by atomic mass is 10.1. The van der Waals surface area contributed by atoms with Crippen molar-refractivity contribution in [1.82, 2.24) is 19.1 Å². The summed E-state index contributed by atoms with van der Waals surface area (Å²) in [4.78, 5) is 29.8. The van der Waals surface area contributed by atoms with Gasteiger partial charge >= 0.3 is 17.6 Å². The maximum atomic E-state index is 12.7. The third-order valence-corrected chi connectivity index (χ3v) is 5.89.